The second-order valence-electron chi connectivity index (χ2n) is 5.90. The fourth-order valence-corrected chi connectivity index (χ4v) is 2.42. The molecule has 3 rings (SSSR count). The molecular formula is C20H17F2N3O3. The van der Waals surface area contributed by atoms with Crippen LogP contribution in [0.15, 0.2) is 65.7 Å². The zero-order valence-corrected chi connectivity index (χ0v) is 14.8. The topological polar surface area (TPSA) is 73.2 Å². The first-order valence-electron chi connectivity index (χ1n) is 8.49. The number of hydrogen-bond acceptors (Lipinski definition) is 4. The largest absolute Gasteiger partial charge is 0.492 e. The summed E-state index contributed by atoms with van der Waals surface area (Å²) in [6.07, 6.45) is 1.27. The Hall–Kier alpha value is -3.55. The van der Waals surface area contributed by atoms with Crippen LogP contribution in [-0.4, -0.2) is 28.6 Å². The molecule has 0 aliphatic rings. The summed E-state index contributed by atoms with van der Waals surface area (Å²) in [6.45, 7) is 0.242. The average Bonchev–Trinajstić information content (AvgIpc) is 2.69. The van der Waals surface area contributed by atoms with Crippen molar-refractivity contribution in [2.24, 2.45) is 0 Å². The molecule has 0 saturated carbocycles. The summed E-state index contributed by atoms with van der Waals surface area (Å²) in [5.74, 6) is -0.615. The lowest BCUT2D eigenvalue weighted by Crippen LogP contribution is -2.34. The molecule has 2 aromatic carbocycles. The predicted octanol–water partition coefficient (Wildman–Crippen LogP) is 2.38. The van der Waals surface area contributed by atoms with Crippen molar-refractivity contribution < 1.29 is 18.3 Å². The van der Waals surface area contributed by atoms with E-state index in [0.717, 1.165) is 0 Å². The minimum Gasteiger partial charge on any atom is -0.492 e. The molecule has 3 aromatic rings. The molecule has 1 aromatic heterocycles. The van der Waals surface area contributed by atoms with Gasteiger partial charge in [-0.25, -0.2) is 13.8 Å². The van der Waals surface area contributed by atoms with Crippen LogP contribution in [0.25, 0.3) is 11.3 Å². The standard InChI is InChI=1S/C20H17F2N3O3/c21-15-3-1-14(2-4-15)18-11-20(27)25(13-24-18)12-19(26)23-9-10-28-17-7-5-16(22)6-8-17/h1-8,11,13H,9-10,12H2,(H,23,26). The van der Waals surface area contributed by atoms with Gasteiger partial charge in [0.15, 0.2) is 0 Å². The molecule has 6 nitrogen and oxygen atoms in total. The van der Waals surface area contributed by atoms with Crippen LogP contribution >= 0.6 is 0 Å². The van der Waals surface area contributed by atoms with Gasteiger partial charge in [0.05, 0.1) is 18.6 Å². The van der Waals surface area contributed by atoms with E-state index < -0.39 is 5.56 Å². The van der Waals surface area contributed by atoms with Crippen molar-refractivity contribution in [2.75, 3.05) is 13.2 Å². The SMILES string of the molecule is O=C(Cn1cnc(-c2ccc(F)cc2)cc1=O)NCCOc1ccc(F)cc1. The highest BCUT2D eigenvalue weighted by Crippen LogP contribution is 2.15. The summed E-state index contributed by atoms with van der Waals surface area (Å²) in [7, 11) is 0. The molecule has 0 atom stereocenters. The monoisotopic (exact) mass is 385 g/mol. The quantitative estimate of drug-likeness (QED) is 0.634. The number of benzene rings is 2. The number of carbonyl (C=O) groups excluding carboxylic acids is 1. The lowest BCUT2D eigenvalue weighted by Gasteiger charge is -2.09. The van der Waals surface area contributed by atoms with E-state index in [4.69, 9.17) is 4.74 Å². The number of hydrogen-bond donors (Lipinski definition) is 1. The molecule has 0 unspecified atom stereocenters. The smallest absolute Gasteiger partial charge is 0.254 e. The summed E-state index contributed by atoms with van der Waals surface area (Å²) in [6, 6.07) is 12.4. The van der Waals surface area contributed by atoms with Crippen molar-refractivity contribution in [3.05, 3.63) is 82.9 Å². The zero-order chi connectivity index (χ0) is 19.9. The molecule has 0 radical (unpaired) electrons. The van der Waals surface area contributed by atoms with E-state index in [1.54, 1.807) is 0 Å². The van der Waals surface area contributed by atoms with E-state index in [1.807, 2.05) is 0 Å². The molecule has 0 fully saturated rings. The second kappa shape index (κ2) is 8.90. The van der Waals surface area contributed by atoms with Gasteiger partial charge in [-0.15, -0.1) is 0 Å². The van der Waals surface area contributed by atoms with Gasteiger partial charge in [0.2, 0.25) is 5.91 Å². The number of carbonyl (C=O) groups is 1. The van der Waals surface area contributed by atoms with Gasteiger partial charge in [-0.05, 0) is 48.5 Å². The van der Waals surface area contributed by atoms with Crippen LogP contribution in [0.1, 0.15) is 0 Å². The highest BCUT2D eigenvalue weighted by Gasteiger charge is 2.07. The third kappa shape index (κ3) is 5.23. The molecule has 144 valence electrons. The number of ether oxygens (including phenoxy) is 1. The van der Waals surface area contributed by atoms with Crippen LogP contribution in [0.3, 0.4) is 0 Å². The Kier molecular flexibility index (Phi) is 6.11. The number of amides is 1. The average molecular weight is 385 g/mol. The van der Waals surface area contributed by atoms with Crippen molar-refractivity contribution in [3.63, 3.8) is 0 Å². The predicted molar refractivity (Wildman–Crippen MR) is 98.8 cm³/mol. The van der Waals surface area contributed by atoms with Gasteiger partial charge < -0.3 is 10.1 Å². The summed E-state index contributed by atoms with van der Waals surface area (Å²) in [5.41, 5.74) is 0.606. The third-order valence-corrected chi connectivity index (χ3v) is 3.84. The number of rotatable bonds is 7. The van der Waals surface area contributed by atoms with Crippen molar-refractivity contribution in [2.45, 2.75) is 6.54 Å². The Morgan fingerprint density at radius 1 is 1.04 bits per heavy atom. The molecule has 1 N–H and O–H groups in total. The van der Waals surface area contributed by atoms with Crippen LogP contribution in [0.4, 0.5) is 8.78 Å². The second-order valence-corrected chi connectivity index (χ2v) is 5.90. The molecule has 0 saturated heterocycles. The van der Waals surface area contributed by atoms with E-state index in [0.29, 0.717) is 17.0 Å². The maximum Gasteiger partial charge on any atom is 0.254 e. The van der Waals surface area contributed by atoms with Crippen LogP contribution < -0.4 is 15.6 Å². The fraction of sp³-hybridized carbons (Fsp3) is 0.150. The van der Waals surface area contributed by atoms with Crippen LogP contribution in [-0.2, 0) is 11.3 Å². The highest BCUT2D eigenvalue weighted by molar-refractivity contribution is 5.75. The molecule has 0 aliphatic heterocycles. The van der Waals surface area contributed by atoms with Crippen molar-refractivity contribution in [1.82, 2.24) is 14.9 Å². The summed E-state index contributed by atoms with van der Waals surface area (Å²) in [4.78, 5) is 28.3. The molecule has 0 bridgehead atoms. The van der Waals surface area contributed by atoms with Gasteiger partial charge in [0.25, 0.3) is 5.56 Å². The third-order valence-electron chi connectivity index (χ3n) is 3.84. The molecule has 1 amide bonds. The highest BCUT2D eigenvalue weighted by atomic mass is 19.1. The molecule has 1 heterocycles. The molecule has 0 aliphatic carbocycles. The molecule has 0 spiro atoms. The first-order chi connectivity index (χ1) is 13.5. The Morgan fingerprint density at radius 2 is 1.68 bits per heavy atom. The first-order valence-corrected chi connectivity index (χ1v) is 8.49. The van der Waals surface area contributed by atoms with Gasteiger partial charge >= 0.3 is 0 Å². The van der Waals surface area contributed by atoms with Crippen molar-refractivity contribution in [3.8, 4) is 17.0 Å². The van der Waals surface area contributed by atoms with E-state index in [2.05, 4.69) is 10.3 Å². The Bertz CT molecular complexity index is 1000. The van der Waals surface area contributed by atoms with E-state index in [9.17, 15) is 18.4 Å². The lowest BCUT2D eigenvalue weighted by molar-refractivity contribution is -0.121. The van der Waals surface area contributed by atoms with E-state index >= 15 is 0 Å². The fourth-order valence-electron chi connectivity index (χ4n) is 2.42. The van der Waals surface area contributed by atoms with Crippen LogP contribution in [0, 0.1) is 11.6 Å². The Morgan fingerprint density at radius 3 is 2.32 bits per heavy atom. The van der Waals surface area contributed by atoms with Gasteiger partial charge in [-0.2, -0.15) is 0 Å². The van der Waals surface area contributed by atoms with E-state index in [1.165, 1.54) is 65.5 Å². The van der Waals surface area contributed by atoms with Gasteiger partial charge in [0.1, 0.15) is 30.5 Å². The Labute approximate surface area is 159 Å². The van der Waals surface area contributed by atoms with Gasteiger partial charge in [-0.3, -0.25) is 14.2 Å². The summed E-state index contributed by atoms with van der Waals surface area (Å²) in [5, 5.41) is 2.63. The summed E-state index contributed by atoms with van der Waals surface area (Å²) < 4.78 is 32.3. The van der Waals surface area contributed by atoms with Crippen LogP contribution in [0.2, 0.25) is 0 Å². The van der Waals surface area contributed by atoms with E-state index in [-0.39, 0.29) is 37.2 Å². The number of nitrogens with zero attached hydrogens (tertiary/aromatic N) is 2. The minimum atomic E-state index is -0.396. The number of halogens is 2. The lowest BCUT2D eigenvalue weighted by atomic mass is 10.1. The van der Waals surface area contributed by atoms with Crippen molar-refractivity contribution >= 4 is 5.91 Å². The molecule has 28 heavy (non-hydrogen) atoms. The van der Waals surface area contributed by atoms with Crippen molar-refractivity contribution in [1.29, 1.82) is 0 Å². The van der Waals surface area contributed by atoms with Crippen LogP contribution in [0.5, 0.6) is 5.75 Å². The molecule has 8 heteroatoms. The first kappa shape index (κ1) is 19.2. The minimum absolute atomic E-state index is 0.188. The number of aromatic nitrogens is 2. The molecular weight excluding hydrogens is 368 g/mol. The maximum absolute atomic E-state index is 13.0. The Balaban J connectivity index is 1.50. The van der Waals surface area contributed by atoms with Gasteiger partial charge in [0, 0.05) is 11.6 Å². The summed E-state index contributed by atoms with van der Waals surface area (Å²) >= 11 is 0. The zero-order valence-electron chi connectivity index (χ0n) is 14.8. The number of nitrogens with one attached hydrogen (secondary N) is 1. The maximum atomic E-state index is 13.0. The normalized spacial score (nSPS) is 10.5. The van der Waals surface area contributed by atoms with Gasteiger partial charge in [-0.1, -0.05) is 0 Å².